The van der Waals surface area contributed by atoms with Crippen LogP contribution in [0.15, 0.2) is 18.5 Å². The molecule has 3 heteroatoms. The highest BCUT2D eigenvalue weighted by Gasteiger charge is 2.49. The van der Waals surface area contributed by atoms with E-state index in [1.165, 1.54) is 38.3 Å². The van der Waals surface area contributed by atoms with Crippen LogP contribution in [0.1, 0.15) is 53.9 Å². The first-order valence-electron chi connectivity index (χ1n) is 7.39. The predicted octanol–water partition coefficient (Wildman–Crippen LogP) is 3.32. The van der Waals surface area contributed by atoms with E-state index in [1.54, 1.807) is 6.20 Å². The van der Waals surface area contributed by atoms with Crippen molar-refractivity contribution >= 4 is 5.97 Å². The van der Waals surface area contributed by atoms with Crippen molar-refractivity contribution in [3.05, 3.63) is 29.6 Å². The maximum absolute atomic E-state index is 11.4. The molecule has 3 nitrogen and oxygen atoms in total. The molecule has 0 aliphatic heterocycles. The second-order valence-corrected chi connectivity index (χ2v) is 6.72. The van der Waals surface area contributed by atoms with Crippen LogP contribution in [-0.2, 0) is 0 Å². The molecule has 5 rings (SSSR count). The summed E-state index contributed by atoms with van der Waals surface area (Å²) in [6.45, 7) is 0. The molecule has 100 valence electrons. The maximum atomic E-state index is 11.4. The van der Waals surface area contributed by atoms with Crippen LogP contribution in [0.4, 0.5) is 0 Å². The molecule has 0 unspecified atom stereocenters. The highest BCUT2D eigenvalue weighted by molar-refractivity contribution is 5.89. The van der Waals surface area contributed by atoms with Gasteiger partial charge in [-0.05, 0) is 73.3 Å². The molecule has 4 bridgehead atoms. The summed E-state index contributed by atoms with van der Waals surface area (Å²) >= 11 is 0. The molecule has 4 fully saturated rings. The highest BCUT2D eigenvalue weighted by atomic mass is 16.4. The number of aromatic nitrogens is 1. The summed E-state index contributed by atoms with van der Waals surface area (Å²) in [6.07, 6.45) is 9.99. The second-order valence-electron chi connectivity index (χ2n) is 6.72. The topological polar surface area (TPSA) is 50.2 Å². The van der Waals surface area contributed by atoms with Gasteiger partial charge >= 0.3 is 5.97 Å². The van der Waals surface area contributed by atoms with Crippen molar-refractivity contribution < 1.29 is 9.90 Å². The average Bonchev–Trinajstić information content (AvgIpc) is 2.37. The standard InChI is InChI=1S/C16H19NO2/c18-16(19)14-8-17-2-1-13(14)15-11-4-9-3-10(6-11)7-12(15)5-9/h1-2,8-12,15H,3-7H2,(H,18,19). The van der Waals surface area contributed by atoms with Crippen molar-refractivity contribution in [3.63, 3.8) is 0 Å². The zero-order valence-electron chi connectivity index (χ0n) is 11.0. The molecule has 1 aromatic rings. The third-order valence-electron chi connectivity index (χ3n) is 5.67. The van der Waals surface area contributed by atoms with Crippen LogP contribution in [0.3, 0.4) is 0 Å². The lowest BCUT2D eigenvalue weighted by Gasteiger charge is -2.54. The fourth-order valence-electron chi connectivity index (χ4n) is 5.31. The Kier molecular flexibility index (Phi) is 2.44. The van der Waals surface area contributed by atoms with Gasteiger partial charge in [-0.25, -0.2) is 4.79 Å². The van der Waals surface area contributed by atoms with E-state index in [0.717, 1.165) is 29.2 Å². The van der Waals surface area contributed by atoms with Gasteiger partial charge in [0, 0.05) is 12.4 Å². The van der Waals surface area contributed by atoms with E-state index >= 15 is 0 Å². The Hall–Kier alpha value is -1.38. The third kappa shape index (κ3) is 1.71. The molecule has 4 aliphatic carbocycles. The smallest absolute Gasteiger partial charge is 0.337 e. The largest absolute Gasteiger partial charge is 0.478 e. The normalized spacial score (nSPS) is 39.5. The van der Waals surface area contributed by atoms with E-state index in [0.29, 0.717) is 11.5 Å². The Balaban J connectivity index is 1.75. The van der Waals surface area contributed by atoms with Gasteiger partial charge in [0.05, 0.1) is 5.56 Å². The minimum Gasteiger partial charge on any atom is -0.478 e. The van der Waals surface area contributed by atoms with Crippen molar-refractivity contribution in [2.24, 2.45) is 23.7 Å². The number of hydrogen-bond donors (Lipinski definition) is 1. The van der Waals surface area contributed by atoms with Crippen LogP contribution in [0.5, 0.6) is 0 Å². The lowest BCUT2D eigenvalue weighted by atomic mass is 9.50. The summed E-state index contributed by atoms with van der Waals surface area (Å²) < 4.78 is 0. The quantitative estimate of drug-likeness (QED) is 0.884. The summed E-state index contributed by atoms with van der Waals surface area (Å²) in [5.74, 6) is 2.94. The number of nitrogens with zero attached hydrogens (tertiary/aromatic N) is 1. The Bertz CT molecular complexity index is 497. The van der Waals surface area contributed by atoms with Gasteiger partial charge in [-0.3, -0.25) is 4.98 Å². The lowest BCUT2D eigenvalue weighted by Crippen LogP contribution is -2.44. The summed E-state index contributed by atoms with van der Waals surface area (Å²) in [5, 5.41) is 9.38. The molecule has 0 saturated heterocycles. The molecule has 4 saturated carbocycles. The first-order valence-corrected chi connectivity index (χ1v) is 7.39. The van der Waals surface area contributed by atoms with Gasteiger partial charge in [0.1, 0.15) is 0 Å². The van der Waals surface area contributed by atoms with Crippen molar-refractivity contribution in [1.82, 2.24) is 4.98 Å². The number of hydrogen-bond acceptors (Lipinski definition) is 2. The van der Waals surface area contributed by atoms with Gasteiger partial charge < -0.3 is 5.11 Å². The number of aromatic carboxylic acids is 1. The first-order chi connectivity index (χ1) is 9.22. The fourth-order valence-corrected chi connectivity index (χ4v) is 5.31. The molecule has 0 aromatic carbocycles. The van der Waals surface area contributed by atoms with Gasteiger partial charge in [0.15, 0.2) is 0 Å². The highest BCUT2D eigenvalue weighted by Crippen LogP contribution is 2.60. The third-order valence-corrected chi connectivity index (χ3v) is 5.67. The van der Waals surface area contributed by atoms with Crippen molar-refractivity contribution in [1.29, 1.82) is 0 Å². The monoisotopic (exact) mass is 257 g/mol. The van der Waals surface area contributed by atoms with Gasteiger partial charge in [0.25, 0.3) is 0 Å². The van der Waals surface area contributed by atoms with Crippen molar-refractivity contribution in [2.75, 3.05) is 0 Å². The summed E-state index contributed by atoms with van der Waals surface area (Å²) in [6, 6.07) is 1.95. The lowest BCUT2D eigenvalue weighted by molar-refractivity contribution is -0.00318. The number of carboxylic acid groups (broad SMARTS) is 1. The summed E-state index contributed by atoms with van der Waals surface area (Å²) in [4.78, 5) is 15.4. The molecule has 4 aliphatic rings. The molecule has 0 amide bonds. The van der Waals surface area contributed by atoms with Crippen LogP contribution in [-0.4, -0.2) is 16.1 Å². The van der Waals surface area contributed by atoms with E-state index in [1.807, 2.05) is 6.07 Å². The zero-order valence-corrected chi connectivity index (χ0v) is 11.0. The predicted molar refractivity (Wildman–Crippen MR) is 71.0 cm³/mol. The average molecular weight is 257 g/mol. The molecule has 0 spiro atoms. The molecule has 0 atom stereocenters. The minimum atomic E-state index is -0.822. The molecule has 19 heavy (non-hydrogen) atoms. The SMILES string of the molecule is O=C(O)c1cnccc1C1C2CC3CC(C2)CC1C3. The maximum Gasteiger partial charge on any atom is 0.337 e. The Morgan fingerprint density at radius 1 is 1.11 bits per heavy atom. The molecule has 1 heterocycles. The van der Waals surface area contributed by atoms with E-state index < -0.39 is 5.97 Å². The Morgan fingerprint density at radius 3 is 2.32 bits per heavy atom. The van der Waals surface area contributed by atoms with E-state index in [-0.39, 0.29) is 0 Å². The molecule has 1 aromatic heterocycles. The van der Waals surface area contributed by atoms with Gasteiger partial charge in [-0.1, -0.05) is 0 Å². The van der Waals surface area contributed by atoms with Crippen molar-refractivity contribution in [3.8, 4) is 0 Å². The van der Waals surface area contributed by atoms with Gasteiger partial charge in [-0.15, -0.1) is 0 Å². The van der Waals surface area contributed by atoms with Crippen LogP contribution < -0.4 is 0 Å². The van der Waals surface area contributed by atoms with E-state index in [2.05, 4.69) is 4.98 Å². The van der Waals surface area contributed by atoms with E-state index in [4.69, 9.17) is 0 Å². The summed E-state index contributed by atoms with van der Waals surface area (Å²) in [5.41, 5.74) is 1.48. The van der Waals surface area contributed by atoms with Crippen LogP contribution in [0, 0.1) is 23.7 Å². The first kappa shape index (κ1) is 11.4. The Morgan fingerprint density at radius 2 is 1.74 bits per heavy atom. The van der Waals surface area contributed by atoms with Gasteiger partial charge in [-0.2, -0.15) is 0 Å². The van der Waals surface area contributed by atoms with E-state index in [9.17, 15) is 9.90 Å². The Labute approximate surface area is 113 Å². The minimum absolute atomic E-state index is 0.431. The summed E-state index contributed by atoms with van der Waals surface area (Å²) in [7, 11) is 0. The molecule has 1 N–H and O–H groups in total. The fraction of sp³-hybridized carbons (Fsp3) is 0.625. The molecular formula is C16H19NO2. The van der Waals surface area contributed by atoms with Crippen LogP contribution in [0.25, 0.3) is 0 Å². The van der Waals surface area contributed by atoms with Crippen LogP contribution in [0.2, 0.25) is 0 Å². The van der Waals surface area contributed by atoms with Crippen molar-refractivity contribution in [2.45, 2.75) is 38.0 Å². The zero-order chi connectivity index (χ0) is 13.0. The number of pyridine rings is 1. The molecule has 0 radical (unpaired) electrons. The number of rotatable bonds is 2. The number of carbonyl (C=O) groups is 1. The number of carboxylic acids is 1. The second kappa shape index (κ2) is 4.06. The van der Waals surface area contributed by atoms with Crippen LogP contribution >= 0.6 is 0 Å². The molecular weight excluding hydrogens is 238 g/mol. The van der Waals surface area contributed by atoms with Gasteiger partial charge in [0.2, 0.25) is 0 Å².